The third-order valence-corrected chi connectivity index (χ3v) is 1.70. The molecule has 0 rings (SSSR count). The van der Waals surface area contributed by atoms with Crippen molar-refractivity contribution in [1.29, 1.82) is 0 Å². The average molecular weight is 216 g/mol. The molecule has 0 aliphatic rings. The zero-order valence-corrected chi connectivity index (χ0v) is 9.46. The van der Waals surface area contributed by atoms with Gasteiger partial charge in [0.25, 0.3) is 0 Å². The van der Waals surface area contributed by atoms with Crippen LogP contribution in [0.4, 0.5) is 4.79 Å². The second kappa shape index (κ2) is 7.05. The molecule has 0 aromatic rings. The quantitative estimate of drug-likeness (QED) is 0.436. The first kappa shape index (κ1) is 13.7. The van der Waals surface area contributed by atoms with Crippen molar-refractivity contribution < 1.29 is 9.59 Å². The first-order valence-corrected chi connectivity index (χ1v) is 5.00. The van der Waals surface area contributed by atoms with E-state index in [1.807, 2.05) is 13.8 Å². The number of primary amides is 1. The molecule has 0 fully saturated rings. The van der Waals surface area contributed by atoms with E-state index < -0.39 is 6.03 Å². The van der Waals surface area contributed by atoms with Crippen LogP contribution in [0.1, 0.15) is 20.8 Å². The molecule has 0 saturated heterocycles. The van der Waals surface area contributed by atoms with Gasteiger partial charge < -0.3 is 21.7 Å². The molecule has 0 heterocycles. The van der Waals surface area contributed by atoms with E-state index >= 15 is 0 Å². The fourth-order valence-electron chi connectivity index (χ4n) is 0.977. The number of amides is 3. The Morgan fingerprint density at radius 3 is 2.27 bits per heavy atom. The van der Waals surface area contributed by atoms with E-state index in [2.05, 4.69) is 16.0 Å². The highest BCUT2D eigenvalue weighted by atomic mass is 16.2. The first-order valence-electron chi connectivity index (χ1n) is 5.00. The van der Waals surface area contributed by atoms with E-state index in [-0.39, 0.29) is 18.0 Å². The second-order valence-corrected chi connectivity index (χ2v) is 3.63. The summed E-state index contributed by atoms with van der Waals surface area (Å²) >= 11 is 0. The Bertz CT molecular complexity index is 218. The number of carbonyl (C=O) groups excluding carboxylic acids is 2. The van der Waals surface area contributed by atoms with Crippen LogP contribution in [0.2, 0.25) is 0 Å². The molecule has 0 radical (unpaired) electrons. The van der Waals surface area contributed by atoms with Gasteiger partial charge in [-0.3, -0.25) is 4.79 Å². The van der Waals surface area contributed by atoms with Gasteiger partial charge in [-0.05, 0) is 20.8 Å². The Kier molecular flexibility index (Phi) is 6.44. The van der Waals surface area contributed by atoms with Crippen molar-refractivity contribution in [2.45, 2.75) is 32.9 Å². The predicted molar refractivity (Wildman–Crippen MR) is 58.3 cm³/mol. The van der Waals surface area contributed by atoms with Gasteiger partial charge >= 0.3 is 6.03 Å². The minimum absolute atomic E-state index is 0.0518. The van der Waals surface area contributed by atoms with E-state index in [1.165, 1.54) is 0 Å². The first-order chi connectivity index (χ1) is 6.93. The number of urea groups is 1. The minimum atomic E-state index is -0.559. The molecule has 88 valence electrons. The molecule has 0 spiro atoms. The molecule has 0 bridgehead atoms. The number of carbonyl (C=O) groups is 2. The van der Waals surface area contributed by atoms with Crippen molar-refractivity contribution >= 4 is 11.9 Å². The van der Waals surface area contributed by atoms with E-state index in [0.717, 1.165) is 0 Å². The molecule has 15 heavy (non-hydrogen) atoms. The topological polar surface area (TPSA) is 96.2 Å². The largest absolute Gasteiger partial charge is 0.353 e. The lowest BCUT2D eigenvalue weighted by molar-refractivity contribution is -0.123. The molecule has 5 N–H and O–H groups in total. The zero-order valence-electron chi connectivity index (χ0n) is 9.46. The average Bonchev–Trinajstić information content (AvgIpc) is 2.10. The predicted octanol–water partition coefficient (Wildman–Crippen LogP) is -0.843. The van der Waals surface area contributed by atoms with Crippen LogP contribution in [0.5, 0.6) is 0 Å². The standard InChI is InChI=1S/C9H20N4O2/c1-6(2)13-8(14)7(3)11-4-5-12-9(10)15/h6-7,11H,4-5H2,1-3H3,(H,13,14)(H3,10,12,15). The van der Waals surface area contributed by atoms with Crippen LogP contribution in [-0.2, 0) is 4.79 Å². The minimum Gasteiger partial charge on any atom is -0.353 e. The molecule has 1 atom stereocenters. The Morgan fingerprint density at radius 1 is 1.20 bits per heavy atom. The Balaban J connectivity index is 3.60. The maximum absolute atomic E-state index is 11.4. The third-order valence-electron chi connectivity index (χ3n) is 1.70. The summed E-state index contributed by atoms with van der Waals surface area (Å²) in [7, 11) is 0. The van der Waals surface area contributed by atoms with Crippen LogP contribution in [0.3, 0.4) is 0 Å². The number of nitrogens with two attached hydrogens (primary N) is 1. The van der Waals surface area contributed by atoms with Gasteiger partial charge in [0.15, 0.2) is 0 Å². The van der Waals surface area contributed by atoms with Gasteiger partial charge in [0.2, 0.25) is 5.91 Å². The number of nitrogens with one attached hydrogen (secondary N) is 3. The van der Waals surface area contributed by atoms with Crippen molar-refractivity contribution in [2.24, 2.45) is 5.73 Å². The summed E-state index contributed by atoms with van der Waals surface area (Å²) in [4.78, 5) is 21.7. The molecular weight excluding hydrogens is 196 g/mol. The van der Waals surface area contributed by atoms with Crippen LogP contribution in [0.15, 0.2) is 0 Å². The summed E-state index contributed by atoms with van der Waals surface area (Å²) in [5, 5.41) is 8.16. The fourth-order valence-corrected chi connectivity index (χ4v) is 0.977. The normalized spacial score (nSPS) is 12.3. The highest BCUT2D eigenvalue weighted by molar-refractivity contribution is 5.81. The smallest absolute Gasteiger partial charge is 0.312 e. The maximum Gasteiger partial charge on any atom is 0.312 e. The summed E-state index contributed by atoms with van der Waals surface area (Å²) in [6.45, 7) is 6.49. The molecule has 0 aromatic carbocycles. The van der Waals surface area contributed by atoms with Gasteiger partial charge in [0.05, 0.1) is 6.04 Å². The van der Waals surface area contributed by atoms with Gasteiger partial charge in [-0.2, -0.15) is 0 Å². The third kappa shape index (κ3) is 7.75. The van der Waals surface area contributed by atoms with Crippen LogP contribution in [0, 0.1) is 0 Å². The van der Waals surface area contributed by atoms with Crippen molar-refractivity contribution in [3.05, 3.63) is 0 Å². The lowest BCUT2D eigenvalue weighted by Gasteiger charge is -2.15. The number of rotatable bonds is 6. The highest BCUT2D eigenvalue weighted by Gasteiger charge is 2.11. The zero-order chi connectivity index (χ0) is 11.8. The summed E-state index contributed by atoms with van der Waals surface area (Å²) in [5.41, 5.74) is 4.88. The molecule has 0 aliphatic carbocycles. The number of hydrogen-bond acceptors (Lipinski definition) is 3. The summed E-state index contributed by atoms with van der Waals surface area (Å²) in [5.74, 6) is -0.0518. The summed E-state index contributed by atoms with van der Waals surface area (Å²) in [6.07, 6.45) is 0. The van der Waals surface area contributed by atoms with E-state index in [9.17, 15) is 9.59 Å². The molecule has 0 aromatic heterocycles. The van der Waals surface area contributed by atoms with Crippen LogP contribution in [-0.4, -0.2) is 37.1 Å². The Labute approximate surface area is 90.0 Å². The fraction of sp³-hybridized carbons (Fsp3) is 0.778. The molecule has 1 unspecified atom stereocenters. The summed E-state index contributed by atoms with van der Waals surface area (Å²) < 4.78 is 0. The van der Waals surface area contributed by atoms with Crippen LogP contribution in [0.25, 0.3) is 0 Å². The number of hydrogen-bond donors (Lipinski definition) is 4. The lowest BCUT2D eigenvalue weighted by Crippen LogP contribution is -2.47. The van der Waals surface area contributed by atoms with Gasteiger partial charge in [-0.15, -0.1) is 0 Å². The SMILES string of the molecule is CC(C)NC(=O)C(C)NCCNC(N)=O. The van der Waals surface area contributed by atoms with Crippen LogP contribution >= 0.6 is 0 Å². The second-order valence-electron chi connectivity index (χ2n) is 3.63. The molecule has 6 heteroatoms. The van der Waals surface area contributed by atoms with E-state index in [0.29, 0.717) is 13.1 Å². The van der Waals surface area contributed by atoms with E-state index in [4.69, 9.17) is 5.73 Å². The van der Waals surface area contributed by atoms with Gasteiger partial charge in [-0.25, -0.2) is 4.79 Å². The van der Waals surface area contributed by atoms with Gasteiger partial charge in [0, 0.05) is 19.1 Å². The van der Waals surface area contributed by atoms with E-state index in [1.54, 1.807) is 6.92 Å². The van der Waals surface area contributed by atoms with Gasteiger partial charge in [0.1, 0.15) is 0 Å². The van der Waals surface area contributed by atoms with Crippen LogP contribution < -0.4 is 21.7 Å². The Hall–Kier alpha value is -1.30. The van der Waals surface area contributed by atoms with Crippen molar-refractivity contribution in [3.63, 3.8) is 0 Å². The Morgan fingerprint density at radius 2 is 1.80 bits per heavy atom. The molecular formula is C9H20N4O2. The van der Waals surface area contributed by atoms with Gasteiger partial charge in [-0.1, -0.05) is 0 Å². The lowest BCUT2D eigenvalue weighted by atomic mass is 10.3. The van der Waals surface area contributed by atoms with Crippen molar-refractivity contribution in [2.75, 3.05) is 13.1 Å². The molecule has 3 amide bonds. The monoisotopic (exact) mass is 216 g/mol. The maximum atomic E-state index is 11.4. The molecule has 0 aliphatic heterocycles. The molecule has 6 nitrogen and oxygen atoms in total. The van der Waals surface area contributed by atoms with Crippen molar-refractivity contribution in [1.82, 2.24) is 16.0 Å². The summed E-state index contributed by atoms with van der Waals surface area (Å²) in [6, 6.07) is -0.705. The van der Waals surface area contributed by atoms with Crippen molar-refractivity contribution in [3.8, 4) is 0 Å². The highest BCUT2D eigenvalue weighted by Crippen LogP contribution is 1.84. The molecule has 0 saturated carbocycles.